The summed E-state index contributed by atoms with van der Waals surface area (Å²) in [6, 6.07) is 11.3. The second-order valence-corrected chi connectivity index (χ2v) is 4.95. The van der Waals surface area contributed by atoms with Crippen LogP contribution in [0.15, 0.2) is 48.8 Å². The summed E-state index contributed by atoms with van der Waals surface area (Å²) in [7, 11) is 0. The van der Waals surface area contributed by atoms with E-state index in [9.17, 15) is 9.90 Å². The van der Waals surface area contributed by atoms with Crippen molar-refractivity contribution in [2.24, 2.45) is 0 Å². The van der Waals surface area contributed by atoms with Crippen molar-refractivity contribution in [3.63, 3.8) is 0 Å². The molecular formula is C16H16N2O3. The SMILES string of the molecule is O=C(c1cncc(O)c1)N1CCOC(c2ccccc2)C1. The molecule has 0 spiro atoms. The summed E-state index contributed by atoms with van der Waals surface area (Å²) in [5.41, 5.74) is 1.45. The second-order valence-electron chi connectivity index (χ2n) is 4.95. The van der Waals surface area contributed by atoms with Gasteiger partial charge in [0.2, 0.25) is 0 Å². The fourth-order valence-corrected chi connectivity index (χ4v) is 2.43. The van der Waals surface area contributed by atoms with Crippen LogP contribution in [0.3, 0.4) is 0 Å². The van der Waals surface area contributed by atoms with E-state index in [1.54, 1.807) is 4.90 Å². The lowest BCUT2D eigenvalue weighted by molar-refractivity contribution is -0.0228. The average molecular weight is 284 g/mol. The lowest BCUT2D eigenvalue weighted by Gasteiger charge is -2.33. The molecule has 2 aromatic rings. The number of morpholine rings is 1. The number of amides is 1. The number of carbonyl (C=O) groups excluding carboxylic acids is 1. The number of aromatic hydroxyl groups is 1. The van der Waals surface area contributed by atoms with Crippen LogP contribution in [0.4, 0.5) is 0 Å². The Bertz CT molecular complexity index is 630. The summed E-state index contributed by atoms with van der Waals surface area (Å²) < 4.78 is 5.75. The molecule has 1 amide bonds. The van der Waals surface area contributed by atoms with Gasteiger partial charge in [0.15, 0.2) is 0 Å². The van der Waals surface area contributed by atoms with Crippen LogP contribution in [0.5, 0.6) is 5.75 Å². The van der Waals surface area contributed by atoms with E-state index in [0.717, 1.165) is 5.56 Å². The zero-order chi connectivity index (χ0) is 14.7. The summed E-state index contributed by atoms with van der Waals surface area (Å²) >= 11 is 0. The molecule has 5 nitrogen and oxygen atoms in total. The highest BCUT2D eigenvalue weighted by atomic mass is 16.5. The highest BCUT2D eigenvalue weighted by Crippen LogP contribution is 2.23. The number of benzene rings is 1. The van der Waals surface area contributed by atoms with Crippen molar-refractivity contribution in [3.8, 4) is 5.75 Å². The van der Waals surface area contributed by atoms with Gasteiger partial charge in [-0.3, -0.25) is 9.78 Å². The van der Waals surface area contributed by atoms with Gasteiger partial charge in [-0.25, -0.2) is 0 Å². The maximum atomic E-state index is 12.4. The highest BCUT2D eigenvalue weighted by Gasteiger charge is 2.26. The smallest absolute Gasteiger partial charge is 0.255 e. The number of hydrogen-bond acceptors (Lipinski definition) is 4. The molecule has 1 fully saturated rings. The standard InChI is InChI=1S/C16H16N2O3/c19-14-8-13(9-17-10-14)16(20)18-6-7-21-15(11-18)12-4-2-1-3-5-12/h1-5,8-10,15,19H,6-7,11H2. The number of rotatable bonds is 2. The molecule has 2 heterocycles. The number of carbonyl (C=O) groups is 1. The van der Waals surface area contributed by atoms with Gasteiger partial charge in [-0.2, -0.15) is 0 Å². The predicted molar refractivity (Wildman–Crippen MR) is 76.9 cm³/mol. The van der Waals surface area contributed by atoms with Crippen molar-refractivity contribution in [1.29, 1.82) is 0 Å². The van der Waals surface area contributed by atoms with E-state index in [0.29, 0.717) is 25.3 Å². The Hall–Kier alpha value is -2.40. The monoisotopic (exact) mass is 284 g/mol. The van der Waals surface area contributed by atoms with E-state index in [4.69, 9.17) is 4.74 Å². The fraction of sp³-hybridized carbons (Fsp3) is 0.250. The van der Waals surface area contributed by atoms with Gasteiger partial charge in [-0.05, 0) is 11.6 Å². The van der Waals surface area contributed by atoms with Crippen LogP contribution in [0.25, 0.3) is 0 Å². The minimum absolute atomic E-state index is 0.00582. The van der Waals surface area contributed by atoms with E-state index in [2.05, 4.69) is 4.98 Å². The Morgan fingerprint density at radius 1 is 1.29 bits per heavy atom. The van der Waals surface area contributed by atoms with Gasteiger partial charge in [0.25, 0.3) is 5.91 Å². The summed E-state index contributed by atoms with van der Waals surface area (Å²) in [6.45, 7) is 1.54. The molecule has 0 radical (unpaired) electrons. The van der Waals surface area contributed by atoms with E-state index in [-0.39, 0.29) is 17.8 Å². The molecular weight excluding hydrogens is 268 g/mol. The minimum atomic E-state index is -0.136. The largest absolute Gasteiger partial charge is 0.506 e. The Morgan fingerprint density at radius 2 is 2.10 bits per heavy atom. The molecule has 1 saturated heterocycles. The van der Waals surface area contributed by atoms with Crippen molar-refractivity contribution in [1.82, 2.24) is 9.88 Å². The molecule has 3 rings (SSSR count). The Balaban J connectivity index is 1.75. The third kappa shape index (κ3) is 3.03. The maximum absolute atomic E-state index is 12.4. The second kappa shape index (κ2) is 5.93. The van der Waals surface area contributed by atoms with E-state index in [1.807, 2.05) is 30.3 Å². The van der Waals surface area contributed by atoms with Gasteiger partial charge in [0.05, 0.1) is 24.9 Å². The van der Waals surface area contributed by atoms with Gasteiger partial charge >= 0.3 is 0 Å². The summed E-state index contributed by atoms with van der Waals surface area (Å²) in [4.78, 5) is 18.0. The average Bonchev–Trinajstić information content (AvgIpc) is 2.55. The Morgan fingerprint density at radius 3 is 2.86 bits per heavy atom. The number of ether oxygens (including phenoxy) is 1. The zero-order valence-corrected chi connectivity index (χ0v) is 11.5. The minimum Gasteiger partial charge on any atom is -0.506 e. The van der Waals surface area contributed by atoms with E-state index >= 15 is 0 Å². The van der Waals surface area contributed by atoms with Crippen LogP contribution in [-0.2, 0) is 4.74 Å². The van der Waals surface area contributed by atoms with Gasteiger partial charge < -0.3 is 14.7 Å². The maximum Gasteiger partial charge on any atom is 0.255 e. The van der Waals surface area contributed by atoms with Crippen molar-refractivity contribution in [2.45, 2.75) is 6.10 Å². The van der Waals surface area contributed by atoms with Crippen LogP contribution in [0.2, 0.25) is 0 Å². The van der Waals surface area contributed by atoms with E-state index < -0.39 is 0 Å². The lowest BCUT2D eigenvalue weighted by Crippen LogP contribution is -2.42. The topological polar surface area (TPSA) is 62.7 Å². The van der Waals surface area contributed by atoms with Gasteiger partial charge in [-0.15, -0.1) is 0 Å². The van der Waals surface area contributed by atoms with Gasteiger partial charge in [-0.1, -0.05) is 30.3 Å². The van der Waals surface area contributed by atoms with Crippen molar-refractivity contribution < 1.29 is 14.6 Å². The van der Waals surface area contributed by atoms with Crippen molar-refractivity contribution >= 4 is 5.91 Å². The molecule has 1 N–H and O–H groups in total. The normalized spacial score (nSPS) is 18.5. The molecule has 1 atom stereocenters. The first-order chi connectivity index (χ1) is 10.2. The molecule has 0 bridgehead atoms. The molecule has 1 aromatic heterocycles. The fourth-order valence-electron chi connectivity index (χ4n) is 2.43. The number of nitrogens with zero attached hydrogens (tertiary/aromatic N) is 2. The number of aromatic nitrogens is 1. The van der Waals surface area contributed by atoms with Gasteiger partial charge in [0.1, 0.15) is 11.9 Å². The van der Waals surface area contributed by atoms with Crippen LogP contribution in [0, 0.1) is 0 Å². The predicted octanol–water partition coefficient (Wildman–Crippen LogP) is 2.00. The van der Waals surface area contributed by atoms with Crippen LogP contribution in [0.1, 0.15) is 22.0 Å². The third-order valence-electron chi connectivity index (χ3n) is 3.50. The quantitative estimate of drug-likeness (QED) is 0.916. The van der Waals surface area contributed by atoms with Crippen molar-refractivity contribution in [3.05, 3.63) is 59.9 Å². The molecule has 21 heavy (non-hydrogen) atoms. The summed E-state index contributed by atoms with van der Waals surface area (Å²) in [5, 5.41) is 9.43. The van der Waals surface area contributed by atoms with E-state index in [1.165, 1.54) is 18.5 Å². The molecule has 1 aliphatic heterocycles. The molecule has 108 valence electrons. The Kier molecular flexibility index (Phi) is 3.83. The van der Waals surface area contributed by atoms with Crippen molar-refractivity contribution in [2.75, 3.05) is 19.7 Å². The molecule has 1 unspecified atom stereocenters. The lowest BCUT2D eigenvalue weighted by atomic mass is 10.1. The molecule has 1 aliphatic rings. The molecule has 1 aromatic carbocycles. The molecule has 0 aliphatic carbocycles. The first-order valence-corrected chi connectivity index (χ1v) is 6.84. The summed E-state index contributed by atoms with van der Waals surface area (Å²) in [6.07, 6.45) is 2.66. The molecule has 0 saturated carbocycles. The van der Waals surface area contributed by atoms with Crippen LogP contribution in [-0.4, -0.2) is 40.6 Å². The van der Waals surface area contributed by atoms with Gasteiger partial charge in [0, 0.05) is 12.7 Å². The Labute approximate surface area is 122 Å². The zero-order valence-electron chi connectivity index (χ0n) is 11.5. The molecule has 5 heteroatoms. The highest BCUT2D eigenvalue weighted by molar-refractivity contribution is 5.94. The summed E-state index contributed by atoms with van der Waals surface area (Å²) in [5.74, 6) is -0.142. The first-order valence-electron chi connectivity index (χ1n) is 6.84. The third-order valence-corrected chi connectivity index (χ3v) is 3.50. The van der Waals surface area contributed by atoms with Crippen LogP contribution < -0.4 is 0 Å². The number of pyridine rings is 1. The first kappa shape index (κ1) is 13.6. The number of hydrogen-bond donors (Lipinski definition) is 1. The van der Waals surface area contributed by atoms with Crippen LogP contribution >= 0.6 is 0 Å².